The molecule has 0 saturated heterocycles. The van der Waals surface area contributed by atoms with Crippen LogP contribution in [0.4, 0.5) is 0 Å². The number of ether oxygens (including phenoxy) is 1. The Morgan fingerprint density at radius 2 is 2.11 bits per heavy atom. The molecule has 110 valence electrons. The minimum Gasteiger partial charge on any atom is -0.378 e. The summed E-state index contributed by atoms with van der Waals surface area (Å²) < 4.78 is 5.25. The Morgan fingerprint density at radius 1 is 1.37 bits per heavy atom. The fourth-order valence-electron chi connectivity index (χ4n) is 1.54. The van der Waals surface area contributed by atoms with Crippen molar-refractivity contribution in [3.05, 3.63) is 15.6 Å². The number of hydrogen-bond acceptors (Lipinski definition) is 5. The third-order valence-electron chi connectivity index (χ3n) is 2.46. The molecule has 0 aliphatic rings. The Morgan fingerprint density at radius 3 is 2.68 bits per heavy atom. The highest BCUT2D eigenvalue weighted by molar-refractivity contribution is 7.98. The van der Waals surface area contributed by atoms with Crippen LogP contribution in [0.25, 0.3) is 0 Å². The minimum absolute atomic E-state index is 0.130. The van der Waals surface area contributed by atoms with Crippen molar-refractivity contribution >= 4 is 23.1 Å². The molecule has 0 spiro atoms. The van der Waals surface area contributed by atoms with Crippen LogP contribution in [0, 0.1) is 0 Å². The van der Waals surface area contributed by atoms with Gasteiger partial charge < -0.3 is 10.1 Å². The number of hydrogen-bond donors (Lipinski definition) is 1. The Hall–Kier alpha value is -0.100. The maximum atomic E-state index is 5.25. The van der Waals surface area contributed by atoms with Gasteiger partial charge in [0.05, 0.1) is 12.3 Å². The van der Waals surface area contributed by atoms with Gasteiger partial charge in [0.1, 0.15) is 5.01 Å². The number of aromatic nitrogens is 1. The quantitative estimate of drug-likeness (QED) is 0.740. The fraction of sp³-hybridized carbons (Fsp3) is 0.786. The summed E-state index contributed by atoms with van der Waals surface area (Å²) in [6, 6.07) is 0. The van der Waals surface area contributed by atoms with E-state index < -0.39 is 0 Å². The van der Waals surface area contributed by atoms with Gasteiger partial charge in [-0.1, -0.05) is 6.92 Å². The third kappa shape index (κ3) is 6.75. The lowest BCUT2D eigenvalue weighted by Crippen LogP contribution is -2.35. The van der Waals surface area contributed by atoms with Crippen molar-refractivity contribution in [2.24, 2.45) is 0 Å². The molecule has 0 fully saturated rings. The summed E-state index contributed by atoms with van der Waals surface area (Å²) in [5.41, 5.74) is 1.22. The Balaban J connectivity index is 2.65. The maximum Gasteiger partial charge on any atom is 0.103 e. The Kier molecular flexibility index (Phi) is 7.36. The molecule has 0 saturated carbocycles. The lowest BCUT2D eigenvalue weighted by atomic mass is 10.1. The van der Waals surface area contributed by atoms with Gasteiger partial charge in [-0.25, -0.2) is 4.98 Å². The molecule has 1 N–H and O–H groups in total. The van der Waals surface area contributed by atoms with Gasteiger partial charge in [-0.15, -0.1) is 11.3 Å². The van der Waals surface area contributed by atoms with Crippen LogP contribution in [0.15, 0.2) is 0 Å². The number of methoxy groups -OCH3 is 1. The lowest BCUT2D eigenvalue weighted by Gasteiger charge is -2.20. The molecular weight excluding hydrogens is 276 g/mol. The SMILES string of the molecule is CCCSCc1nc(COC)c(CNC(C)(C)C)s1. The van der Waals surface area contributed by atoms with Gasteiger partial charge >= 0.3 is 0 Å². The summed E-state index contributed by atoms with van der Waals surface area (Å²) in [7, 11) is 1.73. The van der Waals surface area contributed by atoms with Crippen molar-refractivity contribution in [3.63, 3.8) is 0 Å². The van der Waals surface area contributed by atoms with E-state index in [1.807, 2.05) is 23.1 Å². The number of thiazole rings is 1. The van der Waals surface area contributed by atoms with Crippen LogP contribution in [0.1, 0.15) is 49.7 Å². The van der Waals surface area contributed by atoms with Gasteiger partial charge in [0, 0.05) is 29.8 Å². The average molecular weight is 303 g/mol. The Bertz CT molecular complexity index is 372. The molecule has 1 heterocycles. The normalized spacial score (nSPS) is 12.1. The van der Waals surface area contributed by atoms with Crippen molar-refractivity contribution in [1.29, 1.82) is 0 Å². The molecule has 0 aliphatic carbocycles. The molecule has 1 rings (SSSR count). The van der Waals surface area contributed by atoms with Gasteiger partial charge in [0.15, 0.2) is 0 Å². The van der Waals surface area contributed by atoms with Crippen LogP contribution in [0.3, 0.4) is 0 Å². The molecule has 19 heavy (non-hydrogen) atoms. The summed E-state index contributed by atoms with van der Waals surface area (Å²) >= 11 is 3.77. The largest absolute Gasteiger partial charge is 0.378 e. The van der Waals surface area contributed by atoms with Crippen LogP contribution >= 0.6 is 23.1 Å². The summed E-state index contributed by atoms with van der Waals surface area (Å²) in [6.45, 7) is 10.2. The fourth-order valence-corrected chi connectivity index (χ4v) is 3.50. The molecule has 1 aromatic rings. The molecule has 0 bridgehead atoms. The summed E-state index contributed by atoms with van der Waals surface area (Å²) in [5.74, 6) is 2.22. The van der Waals surface area contributed by atoms with Gasteiger partial charge in [-0.05, 0) is 32.9 Å². The van der Waals surface area contributed by atoms with E-state index in [1.54, 1.807) is 7.11 Å². The van der Waals surface area contributed by atoms with E-state index in [9.17, 15) is 0 Å². The summed E-state index contributed by atoms with van der Waals surface area (Å²) in [6.07, 6.45) is 1.22. The van der Waals surface area contributed by atoms with Gasteiger partial charge in [-0.3, -0.25) is 0 Å². The second-order valence-electron chi connectivity index (χ2n) is 5.57. The standard InChI is InChI=1S/C14H26N2OS2/c1-6-7-18-10-13-16-11(9-17-5)12(19-13)8-15-14(2,3)4/h15H,6-10H2,1-5H3. The summed E-state index contributed by atoms with van der Waals surface area (Å²) in [5, 5.41) is 4.74. The van der Waals surface area contributed by atoms with Crippen molar-refractivity contribution in [2.45, 2.75) is 58.6 Å². The van der Waals surface area contributed by atoms with Crippen molar-refractivity contribution in [3.8, 4) is 0 Å². The Labute approximate surface area is 125 Å². The van der Waals surface area contributed by atoms with Crippen LogP contribution in [-0.4, -0.2) is 23.4 Å². The molecule has 0 radical (unpaired) electrons. The molecule has 0 aromatic carbocycles. The number of rotatable bonds is 8. The smallest absolute Gasteiger partial charge is 0.103 e. The first-order chi connectivity index (χ1) is 8.96. The van der Waals surface area contributed by atoms with E-state index in [-0.39, 0.29) is 5.54 Å². The first-order valence-corrected chi connectivity index (χ1v) is 8.72. The molecule has 0 atom stereocenters. The minimum atomic E-state index is 0.130. The third-order valence-corrected chi connectivity index (χ3v) is 4.91. The molecule has 0 amide bonds. The first-order valence-electron chi connectivity index (χ1n) is 6.75. The zero-order valence-electron chi connectivity index (χ0n) is 12.7. The highest BCUT2D eigenvalue weighted by atomic mass is 32.2. The predicted molar refractivity (Wildman–Crippen MR) is 85.9 cm³/mol. The molecule has 0 unspecified atom stereocenters. The van der Waals surface area contributed by atoms with Crippen LogP contribution in [0.5, 0.6) is 0 Å². The predicted octanol–water partition coefficient (Wildman–Crippen LogP) is 3.82. The van der Waals surface area contributed by atoms with Crippen molar-refractivity contribution < 1.29 is 4.74 Å². The van der Waals surface area contributed by atoms with E-state index in [0.717, 1.165) is 18.0 Å². The second kappa shape index (κ2) is 8.25. The zero-order chi connectivity index (χ0) is 14.3. The molecular formula is C14H26N2OS2. The zero-order valence-corrected chi connectivity index (χ0v) is 14.3. The molecule has 3 nitrogen and oxygen atoms in total. The van der Waals surface area contributed by atoms with Crippen LogP contribution < -0.4 is 5.32 Å². The monoisotopic (exact) mass is 302 g/mol. The number of thioether (sulfide) groups is 1. The molecule has 5 heteroatoms. The van der Waals surface area contributed by atoms with E-state index in [0.29, 0.717) is 6.61 Å². The van der Waals surface area contributed by atoms with E-state index in [1.165, 1.54) is 22.1 Å². The van der Waals surface area contributed by atoms with Crippen LogP contribution in [-0.2, 0) is 23.6 Å². The van der Waals surface area contributed by atoms with Gasteiger partial charge in [0.2, 0.25) is 0 Å². The highest BCUT2D eigenvalue weighted by Crippen LogP contribution is 2.24. The summed E-state index contributed by atoms with van der Waals surface area (Å²) in [4.78, 5) is 6.01. The van der Waals surface area contributed by atoms with Crippen molar-refractivity contribution in [2.75, 3.05) is 12.9 Å². The number of nitrogens with zero attached hydrogens (tertiary/aromatic N) is 1. The molecule has 1 aromatic heterocycles. The van der Waals surface area contributed by atoms with E-state index >= 15 is 0 Å². The maximum absolute atomic E-state index is 5.25. The van der Waals surface area contributed by atoms with Gasteiger partial charge in [-0.2, -0.15) is 11.8 Å². The first kappa shape index (κ1) is 17.0. The second-order valence-corrected chi connectivity index (χ2v) is 7.84. The van der Waals surface area contributed by atoms with Crippen molar-refractivity contribution in [1.82, 2.24) is 10.3 Å². The lowest BCUT2D eigenvalue weighted by molar-refractivity contribution is 0.181. The number of nitrogens with one attached hydrogen (secondary N) is 1. The topological polar surface area (TPSA) is 34.1 Å². The average Bonchev–Trinajstić information content (AvgIpc) is 2.69. The molecule has 0 aliphatic heterocycles. The van der Waals surface area contributed by atoms with Crippen LogP contribution in [0.2, 0.25) is 0 Å². The van der Waals surface area contributed by atoms with E-state index in [2.05, 4.69) is 33.0 Å². The van der Waals surface area contributed by atoms with E-state index in [4.69, 9.17) is 9.72 Å². The highest BCUT2D eigenvalue weighted by Gasteiger charge is 2.14. The van der Waals surface area contributed by atoms with Gasteiger partial charge in [0.25, 0.3) is 0 Å².